The Labute approximate surface area is 114 Å². The molecule has 2 nitrogen and oxygen atoms in total. The van der Waals surface area contributed by atoms with Gasteiger partial charge in [0.2, 0.25) is 0 Å². The van der Waals surface area contributed by atoms with Gasteiger partial charge in [0.15, 0.2) is 0 Å². The summed E-state index contributed by atoms with van der Waals surface area (Å²) >= 11 is 6.08. The van der Waals surface area contributed by atoms with Crippen molar-refractivity contribution in [1.82, 2.24) is 0 Å². The number of hydrogen-bond acceptors (Lipinski definition) is 2. The Morgan fingerprint density at radius 2 is 2.06 bits per heavy atom. The van der Waals surface area contributed by atoms with Crippen LogP contribution in [0.5, 0.6) is 0 Å². The van der Waals surface area contributed by atoms with Crippen molar-refractivity contribution in [2.45, 2.75) is 27.2 Å². The number of aliphatic imine (C=N–C) groups is 1. The van der Waals surface area contributed by atoms with E-state index in [1.165, 1.54) is 0 Å². The molecule has 1 aliphatic rings. The summed E-state index contributed by atoms with van der Waals surface area (Å²) < 4.78 is 0. The van der Waals surface area contributed by atoms with Gasteiger partial charge >= 0.3 is 0 Å². The van der Waals surface area contributed by atoms with Gasteiger partial charge in [0.05, 0.1) is 0 Å². The molecule has 1 N–H and O–H groups in total. The molecule has 2 rings (SSSR count). The van der Waals surface area contributed by atoms with Gasteiger partial charge in [-0.25, -0.2) is 0 Å². The SMILES string of the molecule is Cc1c(Cl)cccc1NC1=NCC(C)(C)C1.Cl. The first-order valence-corrected chi connectivity index (χ1v) is 5.91. The zero-order chi connectivity index (χ0) is 11.8. The summed E-state index contributed by atoms with van der Waals surface area (Å²) in [6.45, 7) is 7.38. The second-order valence-corrected chi connectivity index (χ2v) is 5.55. The fraction of sp³-hybridized carbons (Fsp3) is 0.462. The lowest BCUT2D eigenvalue weighted by Crippen LogP contribution is -2.16. The van der Waals surface area contributed by atoms with Crippen molar-refractivity contribution in [1.29, 1.82) is 0 Å². The third-order valence-corrected chi connectivity index (χ3v) is 3.30. The molecule has 0 radical (unpaired) electrons. The Balaban J connectivity index is 0.00000144. The van der Waals surface area contributed by atoms with Gasteiger partial charge in [0.1, 0.15) is 5.84 Å². The smallest absolute Gasteiger partial charge is 0.101 e. The Morgan fingerprint density at radius 1 is 1.35 bits per heavy atom. The molecule has 0 atom stereocenters. The summed E-state index contributed by atoms with van der Waals surface area (Å²) in [6, 6.07) is 5.90. The number of nitrogens with zero attached hydrogens (tertiary/aromatic N) is 1. The van der Waals surface area contributed by atoms with Gasteiger partial charge < -0.3 is 5.32 Å². The molecule has 1 aromatic rings. The van der Waals surface area contributed by atoms with Gasteiger partial charge in [-0.1, -0.05) is 31.5 Å². The molecule has 0 aliphatic carbocycles. The second kappa shape index (κ2) is 5.28. The van der Waals surface area contributed by atoms with Crippen LogP contribution in [0.25, 0.3) is 0 Å². The van der Waals surface area contributed by atoms with Crippen LogP contribution in [0.3, 0.4) is 0 Å². The summed E-state index contributed by atoms with van der Waals surface area (Å²) in [5.41, 5.74) is 2.43. The Morgan fingerprint density at radius 3 is 2.65 bits per heavy atom. The highest BCUT2D eigenvalue weighted by molar-refractivity contribution is 6.31. The average Bonchev–Trinajstić information content (AvgIpc) is 2.53. The molecule has 0 saturated heterocycles. The van der Waals surface area contributed by atoms with Crippen LogP contribution < -0.4 is 5.32 Å². The van der Waals surface area contributed by atoms with E-state index < -0.39 is 0 Å². The zero-order valence-corrected chi connectivity index (χ0v) is 12.0. The van der Waals surface area contributed by atoms with E-state index in [0.29, 0.717) is 0 Å². The molecule has 1 aromatic carbocycles. The van der Waals surface area contributed by atoms with Crippen LogP contribution in [0, 0.1) is 12.3 Å². The van der Waals surface area contributed by atoms with Gasteiger partial charge in [-0.2, -0.15) is 0 Å². The van der Waals surface area contributed by atoms with Crippen LogP contribution >= 0.6 is 24.0 Å². The molecule has 0 unspecified atom stereocenters. The van der Waals surface area contributed by atoms with Crippen molar-refractivity contribution in [2.24, 2.45) is 10.4 Å². The van der Waals surface area contributed by atoms with E-state index in [1.807, 2.05) is 25.1 Å². The van der Waals surface area contributed by atoms with E-state index in [1.54, 1.807) is 0 Å². The lowest BCUT2D eigenvalue weighted by atomic mass is 9.92. The van der Waals surface area contributed by atoms with Crippen molar-refractivity contribution in [3.8, 4) is 0 Å². The molecule has 0 amide bonds. The molecular weight excluding hydrogens is 255 g/mol. The lowest BCUT2D eigenvalue weighted by Gasteiger charge is -2.15. The maximum atomic E-state index is 6.08. The van der Waals surface area contributed by atoms with Gasteiger partial charge in [0, 0.05) is 23.7 Å². The predicted octanol–water partition coefficient (Wildman–Crippen LogP) is 4.31. The minimum atomic E-state index is 0. The molecule has 0 spiro atoms. The molecule has 1 aliphatic heterocycles. The van der Waals surface area contributed by atoms with Crippen LogP contribution in [0.2, 0.25) is 5.02 Å². The molecule has 0 saturated carbocycles. The van der Waals surface area contributed by atoms with Gasteiger partial charge in [-0.05, 0) is 30.0 Å². The van der Waals surface area contributed by atoms with E-state index in [9.17, 15) is 0 Å². The highest BCUT2D eigenvalue weighted by Gasteiger charge is 2.26. The van der Waals surface area contributed by atoms with Crippen LogP contribution in [-0.2, 0) is 0 Å². The fourth-order valence-corrected chi connectivity index (χ4v) is 2.03. The number of amidine groups is 1. The summed E-state index contributed by atoms with van der Waals surface area (Å²) in [5, 5.41) is 4.17. The summed E-state index contributed by atoms with van der Waals surface area (Å²) in [6.07, 6.45) is 0.999. The first kappa shape index (κ1) is 14.3. The van der Waals surface area contributed by atoms with Gasteiger partial charge in [-0.15, -0.1) is 12.4 Å². The van der Waals surface area contributed by atoms with E-state index in [0.717, 1.165) is 35.1 Å². The highest BCUT2D eigenvalue weighted by Crippen LogP contribution is 2.29. The monoisotopic (exact) mass is 272 g/mol. The van der Waals surface area contributed by atoms with E-state index >= 15 is 0 Å². The fourth-order valence-electron chi connectivity index (χ4n) is 1.86. The Hall–Kier alpha value is -0.730. The highest BCUT2D eigenvalue weighted by atomic mass is 35.5. The minimum absolute atomic E-state index is 0. The zero-order valence-electron chi connectivity index (χ0n) is 10.4. The largest absolute Gasteiger partial charge is 0.344 e. The number of benzene rings is 1. The number of anilines is 1. The van der Waals surface area contributed by atoms with Gasteiger partial charge in [-0.3, -0.25) is 4.99 Å². The molecule has 1 heterocycles. The van der Waals surface area contributed by atoms with Crippen LogP contribution in [0.1, 0.15) is 25.8 Å². The average molecular weight is 273 g/mol. The number of rotatable bonds is 1. The molecule has 4 heteroatoms. The topological polar surface area (TPSA) is 24.4 Å². The molecule has 94 valence electrons. The first-order valence-electron chi connectivity index (χ1n) is 5.53. The maximum absolute atomic E-state index is 6.08. The maximum Gasteiger partial charge on any atom is 0.101 e. The Bertz CT molecular complexity index is 439. The van der Waals surface area contributed by atoms with Crippen LogP contribution in [0.4, 0.5) is 5.69 Å². The van der Waals surface area contributed by atoms with Crippen molar-refractivity contribution >= 4 is 35.5 Å². The predicted molar refractivity (Wildman–Crippen MR) is 77.8 cm³/mol. The van der Waals surface area contributed by atoms with E-state index in [4.69, 9.17) is 11.6 Å². The normalized spacial score (nSPS) is 17.3. The first-order chi connectivity index (χ1) is 7.48. The van der Waals surface area contributed by atoms with E-state index in [2.05, 4.69) is 24.2 Å². The summed E-state index contributed by atoms with van der Waals surface area (Å²) in [5.74, 6) is 1.07. The lowest BCUT2D eigenvalue weighted by molar-refractivity contribution is 0.423. The standard InChI is InChI=1S/C13H17ClN2.ClH/c1-9-10(14)5-4-6-11(9)16-12-7-13(2,3)8-15-12;/h4-6H,7-8H2,1-3H3,(H,15,16);1H. The molecular formula is C13H18Cl2N2. The second-order valence-electron chi connectivity index (χ2n) is 5.14. The molecule has 0 fully saturated rings. The van der Waals surface area contributed by atoms with Crippen molar-refractivity contribution in [3.05, 3.63) is 28.8 Å². The number of hydrogen-bond donors (Lipinski definition) is 1. The van der Waals surface area contributed by atoms with E-state index in [-0.39, 0.29) is 17.8 Å². The molecule has 0 aromatic heterocycles. The Kier molecular flexibility index (Phi) is 4.45. The van der Waals surface area contributed by atoms with Crippen molar-refractivity contribution < 1.29 is 0 Å². The van der Waals surface area contributed by atoms with Gasteiger partial charge in [0.25, 0.3) is 0 Å². The van der Waals surface area contributed by atoms with Crippen molar-refractivity contribution in [2.75, 3.05) is 11.9 Å². The quantitative estimate of drug-likeness (QED) is 0.810. The minimum Gasteiger partial charge on any atom is -0.344 e. The summed E-state index contributed by atoms with van der Waals surface area (Å²) in [7, 11) is 0. The van der Waals surface area contributed by atoms with Crippen LogP contribution in [0.15, 0.2) is 23.2 Å². The third-order valence-electron chi connectivity index (χ3n) is 2.89. The molecule has 0 bridgehead atoms. The molecule has 17 heavy (non-hydrogen) atoms. The summed E-state index contributed by atoms with van der Waals surface area (Å²) in [4.78, 5) is 4.52. The third kappa shape index (κ3) is 3.36. The number of nitrogens with one attached hydrogen (secondary N) is 1. The van der Waals surface area contributed by atoms with Crippen molar-refractivity contribution in [3.63, 3.8) is 0 Å². The number of halogens is 2. The van der Waals surface area contributed by atoms with Crippen LogP contribution in [-0.4, -0.2) is 12.4 Å².